The van der Waals surface area contributed by atoms with E-state index in [9.17, 15) is 14.2 Å². The SMILES string of the molecule is O=C(O)CCNC(=O)C(Cc1ccccc1)OP(=O)(CCc1ccccc1)OCc1ccccc1. The van der Waals surface area contributed by atoms with Crippen molar-refractivity contribution < 1.29 is 28.3 Å². The molecule has 184 valence electrons. The second-order valence-corrected chi connectivity index (χ2v) is 10.2. The first-order valence-electron chi connectivity index (χ1n) is 11.5. The van der Waals surface area contributed by atoms with Crippen molar-refractivity contribution in [2.45, 2.75) is 32.0 Å². The van der Waals surface area contributed by atoms with Crippen molar-refractivity contribution >= 4 is 19.5 Å². The molecular weight excluding hydrogens is 465 g/mol. The lowest BCUT2D eigenvalue weighted by molar-refractivity contribution is -0.137. The van der Waals surface area contributed by atoms with E-state index in [-0.39, 0.29) is 32.2 Å². The number of carbonyl (C=O) groups is 2. The molecule has 2 atom stereocenters. The van der Waals surface area contributed by atoms with Gasteiger partial charge >= 0.3 is 13.6 Å². The standard InChI is InChI=1S/C27H30NO6P/c29-26(30)16-18-28-27(31)25(20-23-12-6-2-7-13-23)34-35(32,19-17-22-10-4-1-5-11-22)33-21-24-14-8-3-9-15-24/h1-15,25H,16-21H2,(H,28,31)(H,29,30). The van der Waals surface area contributed by atoms with Crippen LogP contribution in [-0.2, 0) is 42.7 Å². The maximum Gasteiger partial charge on any atom is 0.332 e. The van der Waals surface area contributed by atoms with Gasteiger partial charge in [-0.3, -0.25) is 18.7 Å². The van der Waals surface area contributed by atoms with Gasteiger partial charge in [0.15, 0.2) is 0 Å². The molecule has 8 heteroatoms. The molecule has 0 aliphatic carbocycles. The third-order valence-corrected chi connectivity index (χ3v) is 7.14. The number of carboxylic acid groups (broad SMARTS) is 1. The molecule has 0 saturated carbocycles. The molecule has 0 heterocycles. The van der Waals surface area contributed by atoms with E-state index in [1.807, 2.05) is 91.0 Å². The van der Waals surface area contributed by atoms with Crippen LogP contribution in [0.4, 0.5) is 0 Å². The molecule has 3 rings (SSSR count). The Morgan fingerprint density at radius 2 is 1.37 bits per heavy atom. The van der Waals surface area contributed by atoms with E-state index in [4.69, 9.17) is 14.2 Å². The number of carbonyl (C=O) groups excluding carboxylic acids is 1. The Kier molecular flexibility index (Phi) is 10.2. The van der Waals surface area contributed by atoms with Crippen molar-refractivity contribution in [3.8, 4) is 0 Å². The molecule has 1 amide bonds. The molecule has 3 aromatic rings. The van der Waals surface area contributed by atoms with E-state index < -0.39 is 25.6 Å². The fourth-order valence-corrected chi connectivity index (χ4v) is 5.14. The Morgan fingerprint density at radius 1 is 0.829 bits per heavy atom. The van der Waals surface area contributed by atoms with Gasteiger partial charge in [-0.1, -0.05) is 91.0 Å². The highest BCUT2D eigenvalue weighted by Crippen LogP contribution is 2.51. The van der Waals surface area contributed by atoms with Gasteiger partial charge in [-0.25, -0.2) is 0 Å². The van der Waals surface area contributed by atoms with Crippen LogP contribution in [0.2, 0.25) is 0 Å². The van der Waals surface area contributed by atoms with E-state index in [1.54, 1.807) is 0 Å². The van der Waals surface area contributed by atoms with Crippen LogP contribution in [0, 0.1) is 0 Å². The van der Waals surface area contributed by atoms with E-state index in [0.717, 1.165) is 16.7 Å². The van der Waals surface area contributed by atoms with Crippen molar-refractivity contribution in [3.05, 3.63) is 108 Å². The number of nitrogens with one attached hydrogen (secondary N) is 1. The van der Waals surface area contributed by atoms with Crippen LogP contribution >= 0.6 is 7.60 Å². The Bertz CT molecular complexity index is 1060. The van der Waals surface area contributed by atoms with Crippen LogP contribution in [-0.4, -0.2) is 35.8 Å². The fraction of sp³-hybridized carbons (Fsp3) is 0.259. The first-order valence-corrected chi connectivity index (χ1v) is 13.2. The monoisotopic (exact) mass is 495 g/mol. The second-order valence-electron chi connectivity index (χ2n) is 8.05. The van der Waals surface area contributed by atoms with E-state index >= 15 is 0 Å². The highest BCUT2D eigenvalue weighted by molar-refractivity contribution is 7.53. The molecule has 0 fully saturated rings. The molecule has 7 nitrogen and oxygen atoms in total. The topological polar surface area (TPSA) is 102 Å². The summed E-state index contributed by atoms with van der Waals surface area (Å²) in [6.07, 6.45) is -0.615. The van der Waals surface area contributed by atoms with Gasteiger partial charge in [0.1, 0.15) is 6.10 Å². The van der Waals surface area contributed by atoms with Crippen molar-refractivity contribution in [1.29, 1.82) is 0 Å². The van der Waals surface area contributed by atoms with Crippen LogP contribution in [0.3, 0.4) is 0 Å². The predicted octanol–water partition coefficient (Wildman–Crippen LogP) is 4.86. The number of rotatable bonds is 14. The number of aliphatic carboxylic acids is 1. The molecule has 0 bridgehead atoms. The highest BCUT2D eigenvalue weighted by atomic mass is 31.2. The summed E-state index contributed by atoms with van der Waals surface area (Å²) in [5, 5.41) is 11.5. The number of aryl methyl sites for hydroxylation is 1. The van der Waals surface area contributed by atoms with Crippen molar-refractivity contribution in [1.82, 2.24) is 5.32 Å². The average Bonchev–Trinajstić information content (AvgIpc) is 2.88. The molecule has 35 heavy (non-hydrogen) atoms. The number of amides is 1. The van der Waals surface area contributed by atoms with Gasteiger partial charge in [0.25, 0.3) is 0 Å². The van der Waals surface area contributed by atoms with Gasteiger partial charge in [0.05, 0.1) is 19.2 Å². The third kappa shape index (κ3) is 9.49. The van der Waals surface area contributed by atoms with Crippen LogP contribution in [0.1, 0.15) is 23.1 Å². The molecule has 0 aliphatic heterocycles. The molecule has 3 aromatic carbocycles. The minimum atomic E-state index is -3.73. The molecule has 2 N–H and O–H groups in total. The number of carboxylic acids is 1. The highest BCUT2D eigenvalue weighted by Gasteiger charge is 2.33. The first-order chi connectivity index (χ1) is 16.9. The summed E-state index contributed by atoms with van der Waals surface area (Å²) in [7, 11) is -3.73. The van der Waals surface area contributed by atoms with Crippen LogP contribution < -0.4 is 5.32 Å². The summed E-state index contributed by atoms with van der Waals surface area (Å²) in [6, 6.07) is 28.2. The summed E-state index contributed by atoms with van der Waals surface area (Å²) in [5.41, 5.74) is 2.63. The lowest BCUT2D eigenvalue weighted by Crippen LogP contribution is -2.38. The van der Waals surface area contributed by atoms with Gasteiger partial charge in [0, 0.05) is 13.0 Å². The normalized spacial score (nSPS) is 13.5. The zero-order valence-corrected chi connectivity index (χ0v) is 20.3. The third-order valence-electron chi connectivity index (χ3n) is 5.27. The minimum absolute atomic E-state index is 0.0536. The average molecular weight is 496 g/mol. The van der Waals surface area contributed by atoms with Crippen molar-refractivity contribution in [3.63, 3.8) is 0 Å². The van der Waals surface area contributed by atoms with E-state index in [1.165, 1.54) is 0 Å². The van der Waals surface area contributed by atoms with Crippen molar-refractivity contribution in [2.75, 3.05) is 12.7 Å². The fourth-order valence-electron chi connectivity index (χ4n) is 3.41. The lowest BCUT2D eigenvalue weighted by Gasteiger charge is -2.25. The largest absolute Gasteiger partial charge is 0.481 e. The van der Waals surface area contributed by atoms with Crippen LogP contribution in [0.25, 0.3) is 0 Å². The van der Waals surface area contributed by atoms with Crippen LogP contribution in [0.5, 0.6) is 0 Å². The molecule has 0 saturated heterocycles. The molecule has 0 aliphatic rings. The first kappa shape index (κ1) is 26.4. The second kappa shape index (κ2) is 13.6. The smallest absolute Gasteiger partial charge is 0.332 e. The predicted molar refractivity (Wildman–Crippen MR) is 134 cm³/mol. The quantitative estimate of drug-likeness (QED) is 0.310. The summed E-state index contributed by atoms with van der Waals surface area (Å²) < 4.78 is 25.8. The van der Waals surface area contributed by atoms with Gasteiger partial charge in [0.2, 0.25) is 5.91 Å². The Balaban J connectivity index is 1.78. The Hall–Kier alpha value is -3.25. The summed E-state index contributed by atoms with van der Waals surface area (Å²) in [6.45, 7) is 0.0214. The maximum absolute atomic E-state index is 13.9. The minimum Gasteiger partial charge on any atom is -0.481 e. The number of hydrogen-bond acceptors (Lipinski definition) is 5. The summed E-state index contributed by atoms with van der Waals surface area (Å²) >= 11 is 0. The lowest BCUT2D eigenvalue weighted by atomic mass is 10.1. The van der Waals surface area contributed by atoms with Crippen LogP contribution in [0.15, 0.2) is 91.0 Å². The summed E-state index contributed by atoms with van der Waals surface area (Å²) in [5.74, 6) is -1.55. The molecule has 2 unspecified atom stereocenters. The number of benzene rings is 3. The Labute approximate surface area is 205 Å². The number of hydrogen-bond donors (Lipinski definition) is 2. The zero-order chi connectivity index (χ0) is 24.9. The van der Waals surface area contributed by atoms with Crippen molar-refractivity contribution in [2.24, 2.45) is 0 Å². The summed E-state index contributed by atoms with van der Waals surface area (Å²) in [4.78, 5) is 23.8. The van der Waals surface area contributed by atoms with E-state index in [0.29, 0.717) is 6.42 Å². The Morgan fingerprint density at radius 3 is 1.94 bits per heavy atom. The van der Waals surface area contributed by atoms with Gasteiger partial charge in [-0.15, -0.1) is 0 Å². The van der Waals surface area contributed by atoms with Gasteiger partial charge in [-0.2, -0.15) is 0 Å². The molecule has 0 spiro atoms. The van der Waals surface area contributed by atoms with E-state index in [2.05, 4.69) is 5.32 Å². The molecular formula is C27H30NO6P. The maximum atomic E-state index is 13.9. The van der Waals surface area contributed by atoms with Gasteiger partial charge in [-0.05, 0) is 23.1 Å². The molecule has 0 radical (unpaired) electrons. The molecule has 0 aromatic heterocycles. The van der Waals surface area contributed by atoms with Gasteiger partial charge < -0.3 is 14.9 Å². The zero-order valence-electron chi connectivity index (χ0n) is 19.4.